The third kappa shape index (κ3) is 5.52. The van der Waals surface area contributed by atoms with Gasteiger partial charge in [0.05, 0.1) is 12.1 Å². The van der Waals surface area contributed by atoms with Gasteiger partial charge in [0, 0.05) is 17.3 Å². The summed E-state index contributed by atoms with van der Waals surface area (Å²) in [5, 5.41) is 11.3. The molecular formula is C18H16ClN3O5. The number of nitriles is 1. The summed E-state index contributed by atoms with van der Waals surface area (Å²) < 4.78 is 15.6. The molecule has 0 spiro atoms. The minimum atomic E-state index is -0.673. The van der Waals surface area contributed by atoms with Gasteiger partial charge in [-0.3, -0.25) is 9.59 Å². The van der Waals surface area contributed by atoms with Gasteiger partial charge in [-0.05, 0) is 24.3 Å². The third-order valence-electron chi connectivity index (χ3n) is 3.25. The summed E-state index contributed by atoms with van der Waals surface area (Å²) in [4.78, 5) is 23.4. The van der Waals surface area contributed by atoms with Crippen molar-refractivity contribution in [3.05, 3.63) is 47.0 Å². The minimum Gasteiger partial charge on any atom is -0.493 e. The first kappa shape index (κ1) is 19.9. The molecule has 0 unspecified atom stereocenters. The van der Waals surface area contributed by atoms with Crippen molar-refractivity contribution >= 4 is 29.1 Å². The van der Waals surface area contributed by atoms with E-state index in [1.165, 1.54) is 19.2 Å². The number of halogens is 1. The van der Waals surface area contributed by atoms with Gasteiger partial charge in [-0.15, -0.1) is 0 Å². The lowest BCUT2D eigenvalue weighted by atomic mass is 10.1. The normalized spacial score (nSPS) is 9.81. The third-order valence-corrected chi connectivity index (χ3v) is 3.53. The summed E-state index contributed by atoms with van der Waals surface area (Å²) in [5.41, 5.74) is 5.73. The second kappa shape index (κ2) is 9.31. The van der Waals surface area contributed by atoms with Gasteiger partial charge in [-0.2, -0.15) is 5.26 Å². The monoisotopic (exact) mass is 389 g/mol. The van der Waals surface area contributed by atoms with E-state index >= 15 is 0 Å². The lowest BCUT2D eigenvalue weighted by Crippen LogP contribution is -2.20. The number of nitrogens with zero attached hydrogens (tertiary/aromatic N) is 1. The summed E-state index contributed by atoms with van der Waals surface area (Å²) in [7, 11) is 1.38. The number of benzene rings is 2. The van der Waals surface area contributed by atoms with E-state index < -0.39 is 11.8 Å². The molecule has 0 aliphatic heterocycles. The number of ether oxygens (including phenoxy) is 3. The molecule has 0 bridgehead atoms. The van der Waals surface area contributed by atoms with Crippen molar-refractivity contribution in [2.75, 3.05) is 25.6 Å². The van der Waals surface area contributed by atoms with Gasteiger partial charge in [0.25, 0.3) is 11.8 Å². The highest BCUT2D eigenvalue weighted by Gasteiger charge is 2.17. The molecule has 2 rings (SSSR count). The van der Waals surface area contributed by atoms with Crippen LogP contribution in [0.3, 0.4) is 0 Å². The molecule has 0 aromatic heterocycles. The van der Waals surface area contributed by atoms with E-state index in [9.17, 15) is 9.59 Å². The summed E-state index contributed by atoms with van der Waals surface area (Å²) in [5.74, 6) is -0.385. The van der Waals surface area contributed by atoms with E-state index in [0.717, 1.165) is 0 Å². The van der Waals surface area contributed by atoms with Gasteiger partial charge < -0.3 is 25.3 Å². The second-order valence-corrected chi connectivity index (χ2v) is 5.58. The summed E-state index contributed by atoms with van der Waals surface area (Å²) in [6.45, 7) is -0.478. The molecule has 140 valence electrons. The number of primary amides is 1. The molecule has 3 N–H and O–H groups in total. The van der Waals surface area contributed by atoms with Crippen molar-refractivity contribution in [2.45, 2.75) is 0 Å². The van der Waals surface area contributed by atoms with Crippen LogP contribution in [0, 0.1) is 11.3 Å². The molecule has 2 amide bonds. The van der Waals surface area contributed by atoms with Gasteiger partial charge in [-0.1, -0.05) is 17.7 Å². The van der Waals surface area contributed by atoms with Gasteiger partial charge in [0.15, 0.2) is 24.7 Å². The van der Waals surface area contributed by atoms with Gasteiger partial charge in [0.1, 0.15) is 11.8 Å². The lowest BCUT2D eigenvalue weighted by molar-refractivity contribution is -0.119. The second-order valence-electron chi connectivity index (χ2n) is 5.17. The Morgan fingerprint density at radius 3 is 2.70 bits per heavy atom. The van der Waals surface area contributed by atoms with E-state index in [1.807, 2.05) is 6.07 Å². The zero-order valence-electron chi connectivity index (χ0n) is 14.3. The first-order valence-electron chi connectivity index (χ1n) is 7.64. The molecule has 0 saturated carbocycles. The number of carbonyl (C=O) groups excluding carboxylic acids is 2. The molecule has 27 heavy (non-hydrogen) atoms. The number of carbonyl (C=O) groups is 2. The molecule has 2 aromatic carbocycles. The van der Waals surface area contributed by atoms with Crippen LogP contribution < -0.4 is 25.3 Å². The number of rotatable bonds is 8. The predicted octanol–water partition coefficient (Wildman–Crippen LogP) is 2.37. The number of hydrogen-bond acceptors (Lipinski definition) is 6. The van der Waals surface area contributed by atoms with Crippen LogP contribution in [0.15, 0.2) is 36.4 Å². The van der Waals surface area contributed by atoms with E-state index in [0.29, 0.717) is 11.4 Å². The molecule has 2 aromatic rings. The Labute approximate surface area is 160 Å². The SMILES string of the molecule is COc1cc(C(=O)Nc2cccc(OCC#N)c2)cc(Cl)c1OCC(N)=O. The molecule has 0 saturated heterocycles. The molecule has 0 aliphatic carbocycles. The maximum atomic E-state index is 12.5. The van der Waals surface area contributed by atoms with Crippen molar-refractivity contribution in [2.24, 2.45) is 5.73 Å². The highest BCUT2D eigenvalue weighted by molar-refractivity contribution is 6.32. The molecule has 9 heteroatoms. The Balaban J connectivity index is 2.20. The topological polar surface area (TPSA) is 124 Å². The van der Waals surface area contributed by atoms with Crippen LogP contribution in [0.1, 0.15) is 10.4 Å². The maximum absolute atomic E-state index is 12.5. The number of amides is 2. The van der Waals surface area contributed by atoms with Gasteiger partial charge in [-0.25, -0.2) is 0 Å². The first-order chi connectivity index (χ1) is 12.9. The van der Waals surface area contributed by atoms with Crippen molar-refractivity contribution < 1.29 is 23.8 Å². The van der Waals surface area contributed by atoms with Crippen LogP contribution in [0.4, 0.5) is 5.69 Å². The Hall–Kier alpha value is -3.44. The van der Waals surface area contributed by atoms with Crippen molar-refractivity contribution in [3.63, 3.8) is 0 Å². The maximum Gasteiger partial charge on any atom is 0.255 e. The van der Waals surface area contributed by atoms with Crippen LogP contribution in [0.25, 0.3) is 0 Å². The van der Waals surface area contributed by atoms with E-state index in [1.54, 1.807) is 24.3 Å². The Kier molecular flexibility index (Phi) is 6.86. The number of nitrogens with one attached hydrogen (secondary N) is 1. The Bertz CT molecular complexity index is 895. The highest BCUT2D eigenvalue weighted by Crippen LogP contribution is 2.36. The zero-order valence-corrected chi connectivity index (χ0v) is 15.1. The predicted molar refractivity (Wildman–Crippen MR) is 98.2 cm³/mol. The standard InChI is InChI=1S/C18H16ClN3O5/c1-25-15-8-11(7-14(19)17(15)27-10-16(21)23)18(24)22-12-3-2-4-13(9-12)26-6-5-20/h2-4,7-9H,6,10H2,1H3,(H2,21,23)(H,22,24). The van der Waals surface area contributed by atoms with E-state index in [-0.39, 0.29) is 35.3 Å². The number of methoxy groups -OCH3 is 1. The average molecular weight is 390 g/mol. The fraction of sp³-hybridized carbons (Fsp3) is 0.167. The van der Waals surface area contributed by atoms with Crippen LogP contribution in [0.2, 0.25) is 5.02 Å². The van der Waals surface area contributed by atoms with Crippen molar-refractivity contribution in [1.82, 2.24) is 0 Å². The Morgan fingerprint density at radius 1 is 1.26 bits per heavy atom. The number of hydrogen-bond donors (Lipinski definition) is 2. The quantitative estimate of drug-likeness (QED) is 0.714. The Morgan fingerprint density at radius 2 is 2.04 bits per heavy atom. The summed E-state index contributed by atoms with van der Waals surface area (Å²) >= 11 is 6.14. The van der Waals surface area contributed by atoms with Crippen LogP contribution in [0.5, 0.6) is 17.2 Å². The fourth-order valence-electron chi connectivity index (χ4n) is 2.12. The van der Waals surface area contributed by atoms with Crippen molar-refractivity contribution in [3.8, 4) is 23.3 Å². The summed E-state index contributed by atoms with van der Waals surface area (Å²) in [6.07, 6.45) is 0. The van der Waals surface area contributed by atoms with Gasteiger partial charge in [0.2, 0.25) is 0 Å². The molecule has 0 atom stereocenters. The average Bonchev–Trinajstić information content (AvgIpc) is 2.64. The highest BCUT2D eigenvalue weighted by atomic mass is 35.5. The smallest absolute Gasteiger partial charge is 0.255 e. The van der Waals surface area contributed by atoms with E-state index in [4.69, 9.17) is 36.8 Å². The van der Waals surface area contributed by atoms with Crippen LogP contribution >= 0.6 is 11.6 Å². The first-order valence-corrected chi connectivity index (χ1v) is 8.02. The van der Waals surface area contributed by atoms with Crippen molar-refractivity contribution in [1.29, 1.82) is 5.26 Å². The number of anilines is 1. The fourth-order valence-corrected chi connectivity index (χ4v) is 2.38. The zero-order chi connectivity index (χ0) is 19.8. The molecule has 0 fully saturated rings. The molecular weight excluding hydrogens is 374 g/mol. The van der Waals surface area contributed by atoms with Crippen LogP contribution in [-0.2, 0) is 4.79 Å². The largest absolute Gasteiger partial charge is 0.493 e. The minimum absolute atomic E-state index is 0.0897. The molecule has 0 radical (unpaired) electrons. The van der Waals surface area contributed by atoms with E-state index in [2.05, 4.69) is 5.32 Å². The lowest BCUT2D eigenvalue weighted by Gasteiger charge is -2.13. The van der Waals surface area contributed by atoms with Gasteiger partial charge >= 0.3 is 0 Å². The number of nitrogens with two attached hydrogens (primary N) is 1. The molecule has 0 heterocycles. The van der Waals surface area contributed by atoms with Crippen LogP contribution in [-0.4, -0.2) is 32.1 Å². The molecule has 8 nitrogen and oxygen atoms in total. The molecule has 0 aliphatic rings. The summed E-state index contributed by atoms with van der Waals surface area (Å²) in [6, 6.07) is 11.3.